The molecule has 0 saturated carbocycles. The number of allylic oxidation sites excluding steroid dienone is 1. The molecule has 0 saturated heterocycles. The third-order valence-electron chi connectivity index (χ3n) is 14.0. The number of fused-ring (bicyclic) bond motifs is 6. The number of nitrogens with zero attached hydrogens (tertiary/aromatic N) is 2. The summed E-state index contributed by atoms with van der Waals surface area (Å²) in [7, 11) is 0. The van der Waals surface area contributed by atoms with Crippen LogP contribution in [0.25, 0.3) is 99.6 Å². The Labute approximate surface area is 397 Å². The maximum absolute atomic E-state index is 2.40. The zero-order valence-electron chi connectivity index (χ0n) is 37.6. The molecule has 0 radical (unpaired) electrons. The number of aromatic nitrogens is 1. The molecule has 0 fully saturated rings. The fourth-order valence-corrected chi connectivity index (χ4v) is 10.4. The number of hydrogen-bond acceptors (Lipinski definition) is 1. The maximum atomic E-state index is 2.40. The normalized spacial score (nSPS) is 12.2. The van der Waals surface area contributed by atoms with Gasteiger partial charge in [-0.25, -0.2) is 0 Å². The van der Waals surface area contributed by atoms with E-state index in [2.05, 4.69) is 264 Å². The minimum absolute atomic E-state index is 1.10. The first-order chi connectivity index (χ1) is 33.7. The molecule has 0 amide bonds. The van der Waals surface area contributed by atoms with E-state index >= 15 is 0 Å². The van der Waals surface area contributed by atoms with Crippen LogP contribution in [0.4, 0.5) is 17.1 Å². The number of benzene rings is 11. The number of rotatable bonds is 8. The first kappa shape index (κ1) is 39.6. The van der Waals surface area contributed by atoms with Gasteiger partial charge in [0.25, 0.3) is 0 Å². The van der Waals surface area contributed by atoms with E-state index in [4.69, 9.17) is 0 Å². The van der Waals surface area contributed by atoms with Gasteiger partial charge in [0, 0.05) is 33.5 Å². The Balaban J connectivity index is 0.841. The highest BCUT2D eigenvalue weighted by Gasteiger charge is 2.17. The molecule has 2 nitrogen and oxygen atoms in total. The van der Waals surface area contributed by atoms with Crippen molar-refractivity contribution in [3.8, 4) is 50.2 Å². The molecule has 0 spiro atoms. The molecule has 0 unspecified atom stereocenters. The molecular weight excluding hydrogens is 821 g/mol. The van der Waals surface area contributed by atoms with Crippen LogP contribution in [-0.4, -0.2) is 4.57 Å². The van der Waals surface area contributed by atoms with Gasteiger partial charge in [-0.3, -0.25) is 0 Å². The summed E-state index contributed by atoms with van der Waals surface area (Å²) < 4.78 is 2.40. The number of anilines is 3. The van der Waals surface area contributed by atoms with Crippen molar-refractivity contribution in [2.45, 2.75) is 12.8 Å². The van der Waals surface area contributed by atoms with Crippen LogP contribution in [0.15, 0.2) is 249 Å². The molecular formula is C66H46N2. The second kappa shape index (κ2) is 16.6. The van der Waals surface area contributed by atoms with Crippen molar-refractivity contribution in [1.29, 1.82) is 0 Å². The predicted molar refractivity (Wildman–Crippen MR) is 290 cm³/mol. The van der Waals surface area contributed by atoms with Gasteiger partial charge in [-0.1, -0.05) is 170 Å². The SMILES string of the molecule is C1=Cc2cc(-c3ccc(N(c4ccc(-c5ccc6ccccc6c5)cc4)c4ccc(-c5ccc6c(c5)c5ccccc5n6-c5ccc(-c6ccc7ccccc7c6)cc5)cc4)cc3)ccc2CC1. The highest BCUT2D eigenvalue weighted by Crippen LogP contribution is 2.40. The minimum atomic E-state index is 1.10. The maximum Gasteiger partial charge on any atom is 0.0541 e. The first-order valence-electron chi connectivity index (χ1n) is 23.7. The molecule has 2 heteroatoms. The summed E-state index contributed by atoms with van der Waals surface area (Å²) >= 11 is 0. The molecule has 320 valence electrons. The standard InChI is InChI=1S/C66H46N2/c1-4-12-52-41-55(20-17-45(52)9-1)48-23-32-59(33-24-48)67(60-34-25-49(26-35-60)56-21-18-46-10-2-5-13-53(46)42-56)61-36-27-51(28-37-61)58-31-40-66-64(44-58)63-15-7-8-16-65(63)68(66)62-38-29-50(30-39-62)57-22-19-47-11-3-6-14-54(47)43-57/h1,3-9,11-44H,2,10H2. The quantitative estimate of drug-likeness (QED) is 0.148. The van der Waals surface area contributed by atoms with Crippen LogP contribution in [0.5, 0.6) is 0 Å². The van der Waals surface area contributed by atoms with Crippen LogP contribution >= 0.6 is 0 Å². The van der Waals surface area contributed by atoms with Crippen molar-refractivity contribution in [2.24, 2.45) is 0 Å². The molecule has 13 rings (SSSR count). The molecule has 1 heterocycles. The number of para-hydroxylation sites is 1. The van der Waals surface area contributed by atoms with Crippen molar-refractivity contribution in [3.63, 3.8) is 0 Å². The molecule has 1 aliphatic carbocycles. The third kappa shape index (κ3) is 7.15. The van der Waals surface area contributed by atoms with Crippen molar-refractivity contribution in [1.82, 2.24) is 4.57 Å². The van der Waals surface area contributed by atoms with E-state index in [0.717, 1.165) is 35.6 Å². The Morgan fingerprint density at radius 1 is 0.324 bits per heavy atom. The van der Waals surface area contributed by atoms with E-state index in [1.165, 1.54) is 99.0 Å². The summed E-state index contributed by atoms with van der Waals surface area (Å²) in [6.45, 7) is 0. The minimum Gasteiger partial charge on any atom is -0.311 e. The van der Waals surface area contributed by atoms with Gasteiger partial charge in [0.15, 0.2) is 0 Å². The van der Waals surface area contributed by atoms with Gasteiger partial charge in [-0.15, -0.1) is 0 Å². The van der Waals surface area contributed by atoms with Gasteiger partial charge < -0.3 is 9.47 Å². The Kier molecular flexibility index (Phi) is 9.68. The second-order valence-corrected chi connectivity index (χ2v) is 18.1. The van der Waals surface area contributed by atoms with Crippen molar-refractivity contribution in [2.75, 3.05) is 4.90 Å². The van der Waals surface area contributed by atoms with E-state index in [9.17, 15) is 0 Å². The van der Waals surface area contributed by atoms with E-state index in [1.807, 2.05) is 0 Å². The van der Waals surface area contributed by atoms with Gasteiger partial charge in [-0.2, -0.15) is 0 Å². The van der Waals surface area contributed by atoms with Gasteiger partial charge >= 0.3 is 0 Å². The van der Waals surface area contributed by atoms with Crippen LogP contribution in [-0.2, 0) is 6.42 Å². The average Bonchev–Trinajstić information content (AvgIpc) is 3.75. The first-order valence-corrected chi connectivity index (χ1v) is 23.7. The lowest BCUT2D eigenvalue weighted by Crippen LogP contribution is -2.09. The number of hydrogen-bond donors (Lipinski definition) is 0. The van der Waals surface area contributed by atoms with Gasteiger partial charge in [-0.05, 0) is 175 Å². The van der Waals surface area contributed by atoms with Crippen LogP contribution < -0.4 is 4.90 Å². The van der Waals surface area contributed by atoms with E-state index in [0.29, 0.717) is 0 Å². The van der Waals surface area contributed by atoms with E-state index in [1.54, 1.807) is 0 Å². The fraction of sp³-hybridized carbons (Fsp3) is 0.0303. The van der Waals surface area contributed by atoms with Gasteiger partial charge in [0.2, 0.25) is 0 Å². The van der Waals surface area contributed by atoms with Crippen molar-refractivity contribution >= 4 is 66.5 Å². The predicted octanol–water partition coefficient (Wildman–Crippen LogP) is 18.2. The molecule has 1 aromatic heterocycles. The van der Waals surface area contributed by atoms with Crippen molar-refractivity contribution in [3.05, 3.63) is 260 Å². The highest BCUT2D eigenvalue weighted by atomic mass is 15.1. The molecule has 0 N–H and O–H groups in total. The monoisotopic (exact) mass is 866 g/mol. The topological polar surface area (TPSA) is 8.17 Å². The van der Waals surface area contributed by atoms with Crippen LogP contribution in [0.3, 0.4) is 0 Å². The summed E-state index contributed by atoms with van der Waals surface area (Å²) in [6.07, 6.45) is 6.79. The molecule has 0 bridgehead atoms. The Hall–Kier alpha value is -8.72. The van der Waals surface area contributed by atoms with Gasteiger partial charge in [0.05, 0.1) is 11.0 Å². The summed E-state index contributed by atoms with van der Waals surface area (Å²) in [5, 5.41) is 7.50. The van der Waals surface area contributed by atoms with Crippen molar-refractivity contribution < 1.29 is 0 Å². The molecule has 11 aromatic carbocycles. The molecule has 0 aliphatic heterocycles. The number of aryl methyl sites for hydroxylation is 1. The lowest BCUT2D eigenvalue weighted by molar-refractivity contribution is 0.986. The highest BCUT2D eigenvalue weighted by molar-refractivity contribution is 6.10. The van der Waals surface area contributed by atoms with Crippen LogP contribution in [0, 0.1) is 0 Å². The van der Waals surface area contributed by atoms with E-state index < -0.39 is 0 Å². The fourth-order valence-electron chi connectivity index (χ4n) is 10.4. The summed E-state index contributed by atoms with van der Waals surface area (Å²) in [5.74, 6) is 0. The smallest absolute Gasteiger partial charge is 0.0541 e. The van der Waals surface area contributed by atoms with Crippen LogP contribution in [0.2, 0.25) is 0 Å². The van der Waals surface area contributed by atoms with Crippen LogP contribution in [0.1, 0.15) is 17.5 Å². The summed E-state index contributed by atoms with van der Waals surface area (Å²) in [6, 6.07) is 89.3. The van der Waals surface area contributed by atoms with Gasteiger partial charge in [0.1, 0.15) is 0 Å². The lowest BCUT2D eigenvalue weighted by atomic mass is 9.93. The second-order valence-electron chi connectivity index (χ2n) is 18.1. The molecule has 68 heavy (non-hydrogen) atoms. The summed E-state index contributed by atoms with van der Waals surface area (Å²) in [4.78, 5) is 2.37. The molecule has 0 atom stereocenters. The molecule has 1 aliphatic rings. The zero-order chi connectivity index (χ0) is 45.0. The zero-order valence-corrected chi connectivity index (χ0v) is 37.6. The Bertz CT molecular complexity index is 3870. The molecule has 12 aromatic rings. The Morgan fingerprint density at radius 3 is 1.35 bits per heavy atom. The lowest BCUT2D eigenvalue weighted by Gasteiger charge is -2.26. The third-order valence-corrected chi connectivity index (χ3v) is 14.0. The Morgan fingerprint density at radius 2 is 0.765 bits per heavy atom. The largest absolute Gasteiger partial charge is 0.311 e. The average molecular weight is 867 g/mol. The summed E-state index contributed by atoms with van der Waals surface area (Å²) in [5.41, 5.74) is 19.3. The van der Waals surface area contributed by atoms with E-state index in [-0.39, 0.29) is 0 Å².